The third-order valence-corrected chi connectivity index (χ3v) is 5.21. The molecule has 2 aliphatic rings. The van der Waals surface area contributed by atoms with E-state index in [1.807, 2.05) is 0 Å². The third kappa shape index (κ3) is 1.97. The molecular weight excluding hydrogens is 284 g/mol. The lowest BCUT2D eigenvalue weighted by Gasteiger charge is -2.20. The number of anilines is 1. The maximum atomic E-state index is 4.99. The van der Waals surface area contributed by atoms with Gasteiger partial charge < -0.3 is 10.3 Å². The zero-order chi connectivity index (χ0) is 15.4. The van der Waals surface area contributed by atoms with Gasteiger partial charge in [-0.05, 0) is 62.4 Å². The molecule has 23 heavy (non-hydrogen) atoms. The molecule has 4 nitrogen and oxygen atoms in total. The molecule has 0 atom stereocenters. The summed E-state index contributed by atoms with van der Waals surface area (Å²) in [7, 11) is 0. The molecule has 1 fully saturated rings. The summed E-state index contributed by atoms with van der Waals surface area (Å²) in [5.74, 6) is 1.08. The highest BCUT2D eigenvalue weighted by atomic mass is 15.0. The van der Waals surface area contributed by atoms with Crippen molar-refractivity contribution in [1.82, 2.24) is 15.0 Å². The molecule has 5 rings (SSSR count). The Balaban J connectivity index is 1.60. The van der Waals surface area contributed by atoms with Crippen LogP contribution in [-0.2, 0) is 11.8 Å². The van der Waals surface area contributed by atoms with E-state index in [1.165, 1.54) is 29.1 Å². The maximum Gasteiger partial charge on any atom is 0.119 e. The minimum atomic E-state index is -0.000593. The van der Waals surface area contributed by atoms with Crippen molar-refractivity contribution in [1.29, 1.82) is 0 Å². The number of nitrogens with zero attached hydrogens (tertiary/aromatic N) is 2. The van der Waals surface area contributed by atoms with Gasteiger partial charge in [-0.1, -0.05) is 6.07 Å². The molecule has 0 unspecified atom stereocenters. The van der Waals surface area contributed by atoms with Crippen molar-refractivity contribution in [2.75, 3.05) is 11.9 Å². The Morgan fingerprint density at radius 1 is 1.09 bits per heavy atom. The van der Waals surface area contributed by atoms with Gasteiger partial charge >= 0.3 is 0 Å². The number of hydrogen-bond donors (Lipinski definition) is 2. The Morgan fingerprint density at radius 2 is 2.00 bits per heavy atom. The van der Waals surface area contributed by atoms with E-state index in [1.54, 1.807) is 0 Å². The van der Waals surface area contributed by atoms with Gasteiger partial charge in [0.1, 0.15) is 5.82 Å². The van der Waals surface area contributed by atoms with Gasteiger partial charge in [0.15, 0.2) is 0 Å². The van der Waals surface area contributed by atoms with Crippen LogP contribution >= 0.6 is 0 Å². The van der Waals surface area contributed by atoms with E-state index in [-0.39, 0.29) is 5.41 Å². The molecule has 4 heteroatoms. The van der Waals surface area contributed by atoms with Crippen LogP contribution in [0.3, 0.4) is 0 Å². The van der Waals surface area contributed by atoms with E-state index < -0.39 is 0 Å². The van der Waals surface area contributed by atoms with Crippen molar-refractivity contribution >= 4 is 16.7 Å². The first-order valence-electron chi connectivity index (χ1n) is 8.46. The molecule has 0 amide bonds. The Bertz CT molecular complexity index is 905. The number of pyridine rings is 1. The fourth-order valence-corrected chi connectivity index (χ4v) is 3.69. The summed E-state index contributed by atoms with van der Waals surface area (Å²) in [6.45, 7) is 3.17. The van der Waals surface area contributed by atoms with E-state index >= 15 is 0 Å². The van der Waals surface area contributed by atoms with Crippen LogP contribution in [0.1, 0.15) is 42.0 Å². The van der Waals surface area contributed by atoms with E-state index in [0.717, 1.165) is 42.7 Å². The topological polar surface area (TPSA) is 53.6 Å². The Kier molecular flexibility index (Phi) is 2.61. The molecule has 1 aliphatic heterocycles. The number of imidazole rings is 1. The van der Waals surface area contributed by atoms with Crippen molar-refractivity contribution in [3.63, 3.8) is 0 Å². The van der Waals surface area contributed by atoms with E-state index in [4.69, 9.17) is 9.97 Å². The lowest BCUT2D eigenvalue weighted by molar-refractivity contribution is 0.721. The molecule has 2 aromatic heterocycles. The molecule has 1 aliphatic carbocycles. The molecule has 1 saturated carbocycles. The fraction of sp³-hybridized carbons (Fsp3) is 0.368. The summed E-state index contributed by atoms with van der Waals surface area (Å²) in [5, 5.41) is 3.44. The summed E-state index contributed by atoms with van der Waals surface area (Å²) >= 11 is 0. The Morgan fingerprint density at radius 3 is 2.87 bits per heavy atom. The fourth-order valence-electron chi connectivity index (χ4n) is 3.69. The molecule has 0 saturated heterocycles. The second-order valence-corrected chi connectivity index (χ2v) is 6.91. The van der Waals surface area contributed by atoms with E-state index in [0.29, 0.717) is 0 Å². The highest BCUT2D eigenvalue weighted by molar-refractivity contribution is 5.76. The number of H-pyrrole nitrogens is 1. The summed E-state index contributed by atoms with van der Waals surface area (Å²) in [4.78, 5) is 13.4. The average molecular weight is 304 g/mol. The van der Waals surface area contributed by atoms with E-state index in [2.05, 4.69) is 47.6 Å². The van der Waals surface area contributed by atoms with Gasteiger partial charge in [-0.25, -0.2) is 4.98 Å². The molecule has 1 aromatic carbocycles. The Hall–Kier alpha value is -2.36. The van der Waals surface area contributed by atoms with Gasteiger partial charge in [0, 0.05) is 6.54 Å². The van der Waals surface area contributed by atoms with Gasteiger partial charge in [0.2, 0.25) is 0 Å². The number of rotatable bonds is 2. The number of nitrogens with one attached hydrogen (secondary N) is 2. The number of benzene rings is 1. The first kappa shape index (κ1) is 13.1. The number of aromatic nitrogens is 3. The number of aryl methyl sites for hydroxylation is 2. The maximum absolute atomic E-state index is 4.99. The monoisotopic (exact) mass is 304 g/mol. The molecule has 2 N–H and O–H groups in total. The SMILES string of the molecule is Cc1ccc2nc(C3(c4ccc5c(n4)CCCN5)CC3)[nH]c2c1. The number of fused-ring (bicyclic) bond motifs is 2. The molecule has 0 radical (unpaired) electrons. The second kappa shape index (κ2) is 4.57. The predicted octanol–water partition coefficient (Wildman–Crippen LogP) is 3.70. The summed E-state index contributed by atoms with van der Waals surface area (Å²) in [6.07, 6.45) is 4.50. The van der Waals surface area contributed by atoms with Crippen molar-refractivity contribution < 1.29 is 0 Å². The molecule has 116 valence electrons. The quantitative estimate of drug-likeness (QED) is 0.759. The van der Waals surface area contributed by atoms with Crippen LogP contribution in [0.2, 0.25) is 0 Å². The molecule has 0 spiro atoms. The van der Waals surface area contributed by atoms with Crippen LogP contribution in [0.25, 0.3) is 11.0 Å². The van der Waals surface area contributed by atoms with Crippen LogP contribution in [0.4, 0.5) is 5.69 Å². The van der Waals surface area contributed by atoms with Gasteiger partial charge in [-0.15, -0.1) is 0 Å². The summed E-state index contributed by atoms with van der Waals surface area (Å²) in [5.41, 5.74) is 7.04. The van der Waals surface area contributed by atoms with Gasteiger partial charge in [-0.2, -0.15) is 0 Å². The van der Waals surface area contributed by atoms with Crippen molar-refractivity contribution in [3.8, 4) is 0 Å². The average Bonchev–Trinajstić information content (AvgIpc) is 3.28. The first-order valence-corrected chi connectivity index (χ1v) is 8.46. The smallest absolute Gasteiger partial charge is 0.119 e. The van der Waals surface area contributed by atoms with Crippen LogP contribution in [-0.4, -0.2) is 21.5 Å². The molecular formula is C19H20N4. The second-order valence-electron chi connectivity index (χ2n) is 6.91. The highest BCUT2D eigenvalue weighted by Gasteiger charge is 2.50. The minimum absolute atomic E-state index is 0.000593. The highest BCUT2D eigenvalue weighted by Crippen LogP contribution is 2.52. The normalized spacial score (nSPS) is 18.5. The molecule has 3 aromatic rings. The summed E-state index contributed by atoms with van der Waals surface area (Å²) < 4.78 is 0. The largest absolute Gasteiger partial charge is 0.384 e. The van der Waals surface area contributed by atoms with Crippen LogP contribution in [0.5, 0.6) is 0 Å². The first-order chi connectivity index (χ1) is 11.2. The number of aromatic amines is 1. The van der Waals surface area contributed by atoms with Gasteiger partial charge in [0.25, 0.3) is 0 Å². The van der Waals surface area contributed by atoms with Crippen LogP contribution in [0.15, 0.2) is 30.3 Å². The summed E-state index contributed by atoms with van der Waals surface area (Å²) in [6, 6.07) is 10.8. The standard InChI is InChI=1S/C19H20N4/c1-12-4-5-15-16(11-12)23-18(22-15)19(8-9-19)17-7-6-13-14(21-17)3-2-10-20-13/h4-7,11,20H,2-3,8-10H2,1H3,(H,22,23). The Labute approximate surface area is 135 Å². The predicted molar refractivity (Wildman–Crippen MR) is 91.9 cm³/mol. The molecule has 3 heterocycles. The third-order valence-electron chi connectivity index (χ3n) is 5.21. The van der Waals surface area contributed by atoms with Gasteiger partial charge in [0.05, 0.1) is 33.5 Å². The number of hydrogen-bond acceptors (Lipinski definition) is 3. The van der Waals surface area contributed by atoms with Crippen molar-refractivity contribution in [2.24, 2.45) is 0 Å². The molecule has 0 bridgehead atoms. The zero-order valence-electron chi connectivity index (χ0n) is 13.3. The lowest BCUT2D eigenvalue weighted by atomic mass is 9.99. The van der Waals surface area contributed by atoms with Crippen LogP contribution < -0.4 is 5.32 Å². The van der Waals surface area contributed by atoms with Crippen LogP contribution in [0, 0.1) is 6.92 Å². The zero-order valence-corrected chi connectivity index (χ0v) is 13.3. The van der Waals surface area contributed by atoms with E-state index in [9.17, 15) is 0 Å². The van der Waals surface area contributed by atoms with Gasteiger partial charge in [-0.3, -0.25) is 4.98 Å². The lowest BCUT2D eigenvalue weighted by Crippen LogP contribution is -2.18. The van der Waals surface area contributed by atoms with Crippen molar-refractivity contribution in [2.45, 2.75) is 38.0 Å². The van der Waals surface area contributed by atoms with Crippen molar-refractivity contribution in [3.05, 3.63) is 53.1 Å². The minimum Gasteiger partial charge on any atom is -0.384 e.